The molecule has 0 aliphatic heterocycles. The number of rotatable bonds is 4. The van der Waals surface area contributed by atoms with Crippen molar-refractivity contribution in [2.45, 2.75) is 0 Å². The van der Waals surface area contributed by atoms with E-state index in [9.17, 15) is 4.79 Å². The highest BCUT2D eigenvalue weighted by Gasteiger charge is 2.19. The van der Waals surface area contributed by atoms with Gasteiger partial charge in [-0.25, -0.2) is 13.9 Å². The highest BCUT2D eigenvalue weighted by Crippen LogP contribution is 2.32. The van der Waals surface area contributed by atoms with Crippen LogP contribution >= 0.6 is 0 Å². The molecule has 0 radical (unpaired) electrons. The maximum atomic E-state index is 12.7. The van der Waals surface area contributed by atoms with Gasteiger partial charge in [0.15, 0.2) is 0 Å². The zero-order valence-electron chi connectivity index (χ0n) is 15.1. The molecule has 136 valence electrons. The molecular formula is C19H17N5O3. The van der Waals surface area contributed by atoms with E-state index in [4.69, 9.17) is 9.47 Å². The lowest BCUT2D eigenvalue weighted by molar-refractivity contribution is 0.415. The van der Waals surface area contributed by atoms with Crippen LogP contribution in [0, 0.1) is 0 Å². The van der Waals surface area contributed by atoms with Crippen LogP contribution in [0.5, 0.6) is 11.5 Å². The van der Waals surface area contributed by atoms with Crippen LogP contribution < -0.4 is 15.2 Å². The first-order valence-corrected chi connectivity index (χ1v) is 8.23. The number of ether oxygens (including phenoxy) is 2. The molecule has 27 heavy (non-hydrogen) atoms. The first kappa shape index (κ1) is 16.8. The quantitative estimate of drug-likeness (QED) is 0.553. The SMILES string of the molecule is COc1cccc(-c2nnc3nn(C)c(=O)n3c2-c2cccc(OC)c2)c1. The Hall–Kier alpha value is -3.68. The number of fused-ring (bicyclic) bond motifs is 1. The van der Waals surface area contributed by atoms with Crippen molar-refractivity contribution in [3.05, 3.63) is 59.0 Å². The van der Waals surface area contributed by atoms with Crippen molar-refractivity contribution in [3.63, 3.8) is 0 Å². The van der Waals surface area contributed by atoms with Gasteiger partial charge in [-0.3, -0.25) is 0 Å². The number of aryl methyl sites for hydroxylation is 1. The third kappa shape index (κ3) is 2.80. The summed E-state index contributed by atoms with van der Waals surface area (Å²) in [5.74, 6) is 1.59. The van der Waals surface area contributed by atoms with Crippen LogP contribution in [0.1, 0.15) is 0 Å². The summed E-state index contributed by atoms with van der Waals surface area (Å²) in [6.45, 7) is 0. The van der Waals surface area contributed by atoms with Crippen LogP contribution in [0.4, 0.5) is 0 Å². The van der Waals surface area contributed by atoms with Crippen molar-refractivity contribution >= 4 is 5.78 Å². The summed E-state index contributed by atoms with van der Waals surface area (Å²) in [6.07, 6.45) is 0. The summed E-state index contributed by atoms with van der Waals surface area (Å²) in [4.78, 5) is 12.7. The number of hydrogen-bond donors (Lipinski definition) is 0. The van der Waals surface area contributed by atoms with E-state index in [1.165, 1.54) is 9.08 Å². The summed E-state index contributed by atoms with van der Waals surface area (Å²) in [6, 6.07) is 14.9. The van der Waals surface area contributed by atoms with E-state index in [2.05, 4.69) is 15.3 Å². The average Bonchev–Trinajstić information content (AvgIpc) is 3.01. The summed E-state index contributed by atoms with van der Waals surface area (Å²) >= 11 is 0. The minimum Gasteiger partial charge on any atom is -0.497 e. The molecule has 0 spiro atoms. The minimum absolute atomic E-state index is 0.229. The lowest BCUT2D eigenvalue weighted by Gasteiger charge is -2.11. The second-order valence-electron chi connectivity index (χ2n) is 5.90. The largest absolute Gasteiger partial charge is 0.497 e. The number of aromatic nitrogens is 5. The number of methoxy groups -OCH3 is 2. The standard InChI is InChI=1S/C19H17N5O3/c1-23-19(25)24-17(13-7-5-9-15(11-13)27-3)16(20-21-18(24)22-23)12-6-4-8-14(10-12)26-2/h4-11H,1-3H3. The average molecular weight is 363 g/mol. The Labute approximate surface area is 154 Å². The fourth-order valence-electron chi connectivity index (χ4n) is 2.96. The van der Waals surface area contributed by atoms with Gasteiger partial charge in [0.25, 0.3) is 5.78 Å². The molecule has 2 heterocycles. The third-order valence-electron chi connectivity index (χ3n) is 4.28. The second-order valence-corrected chi connectivity index (χ2v) is 5.90. The zero-order chi connectivity index (χ0) is 19.0. The van der Waals surface area contributed by atoms with Gasteiger partial charge < -0.3 is 9.47 Å². The van der Waals surface area contributed by atoms with Crippen LogP contribution in [0.2, 0.25) is 0 Å². The maximum absolute atomic E-state index is 12.7. The van der Waals surface area contributed by atoms with E-state index in [1.807, 2.05) is 48.5 Å². The monoisotopic (exact) mass is 363 g/mol. The highest BCUT2D eigenvalue weighted by molar-refractivity contribution is 5.80. The molecule has 0 amide bonds. The van der Waals surface area contributed by atoms with Crippen LogP contribution in [-0.2, 0) is 7.05 Å². The van der Waals surface area contributed by atoms with E-state index in [0.717, 1.165) is 11.1 Å². The van der Waals surface area contributed by atoms with Gasteiger partial charge in [-0.05, 0) is 24.3 Å². The topological polar surface area (TPSA) is 83.5 Å². The summed E-state index contributed by atoms with van der Waals surface area (Å²) in [5.41, 5.74) is 2.37. The third-order valence-corrected chi connectivity index (χ3v) is 4.28. The van der Waals surface area contributed by atoms with Crippen molar-refractivity contribution in [2.75, 3.05) is 14.2 Å². The molecule has 2 aromatic carbocycles. The van der Waals surface area contributed by atoms with Crippen molar-refractivity contribution < 1.29 is 9.47 Å². The van der Waals surface area contributed by atoms with Crippen molar-refractivity contribution in [1.82, 2.24) is 24.4 Å². The van der Waals surface area contributed by atoms with E-state index >= 15 is 0 Å². The molecule has 0 atom stereocenters. The molecule has 0 saturated carbocycles. The molecule has 0 N–H and O–H groups in total. The van der Waals surface area contributed by atoms with Gasteiger partial charge in [0.2, 0.25) is 0 Å². The Balaban J connectivity index is 2.10. The first-order valence-electron chi connectivity index (χ1n) is 8.23. The molecule has 0 saturated heterocycles. The van der Waals surface area contributed by atoms with Crippen molar-refractivity contribution in [2.24, 2.45) is 7.05 Å². The molecule has 2 aromatic heterocycles. The van der Waals surface area contributed by atoms with Gasteiger partial charge in [-0.15, -0.1) is 15.3 Å². The van der Waals surface area contributed by atoms with Gasteiger partial charge in [0.05, 0.1) is 19.9 Å². The molecule has 4 aromatic rings. The number of hydrogen-bond acceptors (Lipinski definition) is 6. The number of benzene rings is 2. The van der Waals surface area contributed by atoms with Crippen LogP contribution in [0.15, 0.2) is 53.3 Å². The van der Waals surface area contributed by atoms with E-state index < -0.39 is 0 Å². The van der Waals surface area contributed by atoms with Gasteiger partial charge in [0, 0.05) is 18.2 Å². The van der Waals surface area contributed by atoms with Crippen molar-refractivity contribution in [1.29, 1.82) is 0 Å². The van der Waals surface area contributed by atoms with E-state index in [-0.39, 0.29) is 11.5 Å². The molecule has 0 aliphatic carbocycles. The predicted molar refractivity (Wildman–Crippen MR) is 100.0 cm³/mol. The van der Waals surface area contributed by atoms with E-state index in [1.54, 1.807) is 21.3 Å². The Morgan fingerprint density at radius 2 is 1.52 bits per heavy atom. The summed E-state index contributed by atoms with van der Waals surface area (Å²) < 4.78 is 13.4. The van der Waals surface area contributed by atoms with Crippen LogP contribution in [0.25, 0.3) is 28.3 Å². The molecule has 0 aliphatic rings. The second kappa shape index (κ2) is 6.56. The Bertz CT molecular complexity index is 1200. The summed E-state index contributed by atoms with van der Waals surface area (Å²) in [7, 11) is 4.78. The van der Waals surface area contributed by atoms with Gasteiger partial charge in [-0.2, -0.15) is 0 Å². The lowest BCUT2D eigenvalue weighted by Crippen LogP contribution is -2.20. The fourth-order valence-corrected chi connectivity index (χ4v) is 2.96. The molecule has 0 bridgehead atoms. The summed E-state index contributed by atoms with van der Waals surface area (Å²) in [5, 5.41) is 12.6. The molecular weight excluding hydrogens is 346 g/mol. The Morgan fingerprint density at radius 3 is 2.19 bits per heavy atom. The van der Waals surface area contributed by atoms with Gasteiger partial charge in [0.1, 0.15) is 17.2 Å². The Kier molecular flexibility index (Phi) is 4.08. The van der Waals surface area contributed by atoms with Crippen molar-refractivity contribution in [3.8, 4) is 34.0 Å². The van der Waals surface area contributed by atoms with Crippen LogP contribution in [-0.4, -0.2) is 38.6 Å². The smallest absolute Gasteiger partial charge is 0.351 e. The molecule has 0 fully saturated rings. The predicted octanol–water partition coefficient (Wildman–Crippen LogP) is 2.17. The molecule has 4 rings (SSSR count). The maximum Gasteiger partial charge on any atom is 0.351 e. The lowest BCUT2D eigenvalue weighted by atomic mass is 10.0. The first-order chi connectivity index (χ1) is 13.1. The molecule has 8 nitrogen and oxygen atoms in total. The van der Waals surface area contributed by atoms with Crippen LogP contribution in [0.3, 0.4) is 0 Å². The Morgan fingerprint density at radius 1 is 0.889 bits per heavy atom. The fraction of sp³-hybridized carbons (Fsp3) is 0.158. The molecule has 0 unspecified atom stereocenters. The van der Waals surface area contributed by atoms with E-state index in [0.29, 0.717) is 22.9 Å². The van der Waals surface area contributed by atoms with Gasteiger partial charge in [-0.1, -0.05) is 24.3 Å². The van der Waals surface area contributed by atoms with Gasteiger partial charge >= 0.3 is 5.69 Å². The minimum atomic E-state index is -0.304. The number of nitrogens with zero attached hydrogens (tertiary/aromatic N) is 5. The zero-order valence-corrected chi connectivity index (χ0v) is 15.1. The normalized spacial score (nSPS) is 10.9. The highest BCUT2D eigenvalue weighted by atomic mass is 16.5. The molecule has 8 heteroatoms.